The molecule has 0 spiro atoms. The van der Waals surface area contributed by atoms with Crippen LogP contribution in [0.25, 0.3) is 0 Å². The SMILES string of the molecule is CCn1c2c(c(=O)n1CC)CCCC2. The second-order valence-electron chi connectivity index (χ2n) is 3.87. The third-order valence-corrected chi connectivity index (χ3v) is 3.13. The van der Waals surface area contributed by atoms with E-state index in [4.69, 9.17) is 0 Å². The highest BCUT2D eigenvalue weighted by Crippen LogP contribution is 2.18. The fourth-order valence-corrected chi connectivity index (χ4v) is 2.49. The summed E-state index contributed by atoms with van der Waals surface area (Å²) >= 11 is 0. The van der Waals surface area contributed by atoms with Crippen molar-refractivity contribution in [2.75, 3.05) is 0 Å². The van der Waals surface area contributed by atoms with Crippen LogP contribution < -0.4 is 5.56 Å². The van der Waals surface area contributed by atoms with E-state index in [2.05, 4.69) is 11.6 Å². The molecule has 0 saturated heterocycles. The molecule has 1 aliphatic carbocycles. The lowest BCUT2D eigenvalue weighted by molar-refractivity contribution is 0.457. The Morgan fingerprint density at radius 1 is 1.07 bits per heavy atom. The summed E-state index contributed by atoms with van der Waals surface area (Å²) in [6, 6.07) is 0. The molecule has 14 heavy (non-hydrogen) atoms. The molecule has 0 radical (unpaired) electrons. The predicted molar refractivity (Wildman–Crippen MR) is 56.7 cm³/mol. The van der Waals surface area contributed by atoms with Gasteiger partial charge in [-0.05, 0) is 39.5 Å². The molecule has 3 heteroatoms. The number of aromatic nitrogens is 2. The van der Waals surface area contributed by atoms with Gasteiger partial charge in [0.05, 0.1) is 0 Å². The normalized spacial score (nSPS) is 15.6. The van der Waals surface area contributed by atoms with Gasteiger partial charge in [-0.25, -0.2) is 0 Å². The average Bonchev–Trinajstić information content (AvgIpc) is 2.51. The van der Waals surface area contributed by atoms with Crippen molar-refractivity contribution in [3.63, 3.8) is 0 Å². The highest BCUT2D eigenvalue weighted by molar-refractivity contribution is 5.21. The largest absolute Gasteiger partial charge is 0.287 e. The number of rotatable bonds is 2. The van der Waals surface area contributed by atoms with Crippen molar-refractivity contribution in [1.29, 1.82) is 0 Å². The Hall–Kier alpha value is -0.990. The third kappa shape index (κ3) is 1.22. The van der Waals surface area contributed by atoms with Crippen molar-refractivity contribution in [3.05, 3.63) is 21.6 Å². The molecule has 0 N–H and O–H groups in total. The lowest BCUT2D eigenvalue weighted by Gasteiger charge is -2.14. The molecular weight excluding hydrogens is 176 g/mol. The molecule has 0 aliphatic heterocycles. The molecule has 0 amide bonds. The van der Waals surface area contributed by atoms with E-state index in [1.54, 1.807) is 0 Å². The van der Waals surface area contributed by atoms with Gasteiger partial charge in [-0.1, -0.05) is 0 Å². The Kier molecular flexibility index (Phi) is 2.48. The van der Waals surface area contributed by atoms with Crippen molar-refractivity contribution in [1.82, 2.24) is 9.36 Å². The van der Waals surface area contributed by atoms with Crippen LogP contribution in [-0.2, 0) is 25.9 Å². The Morgan fingerprint density at radius 3 is 2.36 bits per heavy atom. The highest BCUT2D eigenvalue weighted by atomic mass is 16.1. The van der Waals surface area contributed by atoms with E-state index in [9.17, 15) is 4.79 Å². The Labute approximate surface area is 84.3 Å². The van der Waals surface area contributed by atoms with Crippen LogP contribution in [0.1, 0.15) is 37.9 Å². The van der Waals surface area contributed by atoms with Crippen molar-refractivity contribution in [2.24, 2.45) is 0 Å². The first-order valence-corrected chi connectivity index (χ1v) is 5.61. The maximum Gasteiger partial charge on any atom is 0.270 e. The van der Waals surface area contributed by atoms with Gasteiger partial charge >= 0.3 is 0 Å². The minimum Gasteiger partial charge on any atom is -0.287 e. The van der Waals surface area contributed by atoms with E-state index in [1.807, 2.05) is 11.6 Å². The molecule has 1 heterocycles. The Bertz CT molecular complexity index is 370. The molecule has 0 aromatic carbocycles. The average molecular weight is 194 g/mol. The zero-order valence-corrected chi connectivity index (χ0v) is 9.05. The van der Waals surface area contributed by atoms with Crippen LogP contribution in [0, 0.1) is 0 Å². The fourth-order valence-electron chi connectivity index (χ4n) is 2.49. The molecule has 1 aromatic rings. The summed E-state index contributed by atoms with van der Waals surface area (Å²) in [5.74, 6) is 0. The standard InChI is InChI=1S/C11H18N2O/c1-3-12-10-8-6-5-7-9(10)11(14)13(12)4-2/h3-8H2,1-2H3. The quantitative estimate of drug-likeness (QED) is 0.702. The van der Waals surface area contributed by atoms with Crippen LogP contribution in [0.5, 0.6) is 0 Å². The van der Waals surface area contributed by atoms with E-state index in [-0.39, 0.29) is 5.56 Å². The minimum absolute atomic E-state index is 0.254. The van der Waals surface area contributed by atoms with Gasteiger partial charge in [-0.3, -0.25) is 14.2 Å². The van der Waals surface area contributed by atoms with Crippen LogP contribution in [0.2, 0.25) is 0 Å². The van der Waals surface area contributed by atoms with Crippen LogP contribution >= 0.6 is 0 Å². The number of hydrogen-bond donors (Lipinski definition) is 0. The molecule has 0 saturated carbocycles. The van der Waals surface area contributed by atoms with Gasteiger partial charge in [-0.2, -0.15) is 0 Å². The smallest absolute Gasteiger partial charge is 0.270 e. The van der Waals surface area contributed by atoms with Gasteiger partial charge in [0.25, 0.3) is 5.56 Å². The minimum atomic E-state index is 0.254. The van der Waals surface area contributed by atoms with Gasteiger partial charge in [0.15, 0.2) is 0 Å². The van der Waals surface area contributed by atoms with Crippen molar-refractivity contribution < 1.29 is 0 Å². The van der Waals surface area contributed by atoms with Crippen LogP contribution in [-0.4, -0.2) is 9.36 Å². The summed E-state index contributed by atoms with van der Waals surface area (Å²) in [5, 5.41) is 0. The fraction of sp³-hybridized carbons (Fsp3) is 0.727. The number of nitrogens with zero attached hydrogens (tertiary/aromatic N) is 2. The molecule has 3 nitrogen and oxygen atoms in total. The molecule has 78 valence electrons. The number of hydrogen-bond acceptors (Lipinski definition) is 1. The summed E-state index contributed by atoms with van der Waals surface area (Å²) in [5.41, 5.74) is 2.63. The molecule has 2 rings (SSSR count). The summed E-state index contributed by atoms with van der Waals surface area (Å²) in [4.78, 5) is 12.0. The van der Waals surface area contributed by atoms with Gasteiger partial charge in [0, 0.05) is 24.3 Å². The predicted octanol–water partition coefficient (Wildman–Crippen LogP) is 1.57. The van der Waals surface area contributed by atoms with E-state index < -0.39 is 0 Å². The summed E-state index contributed by atoms with van der Waals surface area (Å²) in [7, 11) is 0. The second-order valence-corrected chi connectivity index (χ2v) is 3.87. The molecular formula is C11H18N2O. The van der Waals surface area contributed by atoms with Crippen LogP contribution in [0.4, 0.5) is 0 Å². The van der Waals surface area contributed by atoms with E-state index >= 15 is 0 Å². The monoisotopic (exact) mass is 194 g/mol. The highest BCUT2D eigenvalue weighted by Gasteiger charge is 2.20. The van der Waals surface area contributed by atoms with Crippen molar-refractivity contribution >= 4 is 0 Å². The van der Waals surface area contributed by atoms with Crippen LogP contribution in [0.3, 0.4) is 0 Å². The Balaban J connectivity index is 2.62. The van der Waals surface area contributed by atoms with Gasteiger partial charge in [0.2, 0.25) is 0 Å². The summed E-state index contributed by atoms with van der Waals surface area (Å²) < 4.78 is 4.05. The lowest BCUT2D eigenvalue weighted by atomic mass is 9.98. The van der Waals surface area contributed by atoms with E-state index in [0.29, 0.717) is 0 Å². The summed E-state index contributed by atoms with van der Waals surface area (Å²) in [6.45, 7) is 5.86. The first kappa shape index (κ1) is 9.56. The Morgan fingerprint density at radius 2 is 1.71 bits per heavy atom. The van der Waals surface area contributed by atoms with Gasteiger partial charge in [-0.15, -0.1) is 0 Å². The molecule has 0 atom stereocenters. The second kappa shape index (κ2) is 3.64. The third-order valence-electron chi connectivity index (χ3n) is 3.13. The zero-order chi connectivity index (χ0) is 10.1. The maximum atomic E-state index is 12.0. The van der Waals surface area contributed by atoms with E-state index in [1.165, 1.54) is 18.5 Å². The molecule has 1 aliphatic rings. The van der Waals surface area contributed by atoms with Crippen LogP contribution in [0.15, 0.2) is 4.79 Å². The topological polar surface area (TPSA) is 26.9 Å². The van der Waals surface area contributed by atoms with Gasteiger partial charge in [0.1, 0.15) is 0 Å². The zero-order valence-electron chi connectivity index (χ0n) is 9.05. The molecule has 0 unspecified atom stereocenters. The summed E-state index contributed by atoms with van der Waals surface area (Å²) in [6.07, 6.45) is 4.49. The van der Waals surface area contributed by atoms with Crippen molar-refractivity contribution in [3.8, 4) is 0 Å². The van der Waals surface area contributed by atoms with Crippen molar-refractivity contribution in [2.45, 2.75) is 52.6 Å². The first-order chi connectivity index (χ1) is 6.79. The molecule has 1 aromatic heterocycles. The number of fused-ring (bicyclic) bond motifs is 1. The lowest BCUT2D eigenvalue weighted by Crippen LogP contribution is -2.22. The van der Waals surface area contributed by atoms with Gasteiger partial charge < -0.3 is 0 Å². The molecule has 0 bridgehead atoms. The maximum absolute atomic E-state index is 12.0. The molecule has 0 fully saturated rings. The first-order valence-electron chi connectivity index (χ1n) is 5.61. The van der Waals surface area contributed by atoms with E-state index in [0.717, 1.165) is 31.5 Å².